The van der Waals surface area contributed by atoms with Crippen molar-refractivity contribution in [3.63, 3.8) is 0 Å². The van der Waals surface area contributed by atoms with Crippen LogP contribution in [-0.2, 0) is 14.6 Å². The van der Waals surface area contributed by atoms with Gasteiger partial charge >= 0.3 is 5.97 Å². The van der Waals surface area contributed by atoms with Crippen LogP contribution in [0.25, 0.3) is 0 Å². The first kappa shape index (κ1) is 20.7. The molecule has 0 aliphatic carbocycles. The van der Waals surface area contributed by atoms with Crippen molar-refractivity contribution in [2.24, 2.45) is 0 Å². The van der Waals surface area contributed by atoms with Gasteiger partial charge in [-0.2, -0.15) is 0 Å². The Bertz CT molecular complexity index is 552. The number of sulfone groups is 1. The summed E-state index contributed by atoms with van der Waals surface area (Å²) in [6.07, 6.45) is 8.64. The molecule has 0 saturated carbocycles. The van der Waals surface area contributed by atoms with Gasteiger partial charge < -0.3 is 4.74 Å². The van der Waals surface area contributed by atoms with Crippen LogP contribution in [0.15, 0.2) is 30.3 Å². The second-order valence-corrected chi connectivity index (χ2v) is 8.07. The fourth-order valence-electron chi connectivity index (χ4n) is 2.38. The van der Waals surface area contributed by atoms with E-state index in [1.54, 1.807) is 24.3 Å². The van der Waals surface area contributed by atoms with Gasteiger partial charge in [-0.15, -0.1) is 0 Å². The van der Waals surface area contributed by atoms with E-state index in [0.717, 1.165) is 18.6 Å². The first-order valence-electron chi connectivity index (χ1n) is 8.85. The van der Waals surface area contributed by atoms with Crippen molar-refractivity contribution in [2.75, 3.05) is 5.75 Å². The number of hydrogen-bond acceptors (Lipinski definition) is 4. The molecule has 24 heavy (non-hydrogen) atoms. The molecule has 0 aromatic heterocycles. The third-order valence-corrected chi connectivity index (χ3v) is 5.29. The van der Waals surface area contributed by atoms with E-state index in [1.165, 1.54) is 32.1 Å². The highest BCUT2D eigenvalue weighted by atomic mass is 32.2. The number of rotatable bonds is 13. The summed E-state index contributed by atoms with van der Waals surface area (Å²) in [6.45, 7) is 2.19. The molecule has 5 heteroatoms. The highest BCUT2D eigenvalue weighted by Crippen LogP contribution is 2.13. The molecule has 135 valence electrons. The molecule has 0 aliphatic rings. The molecule has 1 radical (unpaired) electrons. The van der Waals surface area contributed by atoms with E-state index < -0.39 is 15.8 Å². The normalized spacial score (nSPS) is 11.4. The molecule has 0 saturated heterocycles. The minimum absolute atomic E-state index is 0.112. The number of benzene rings is 1. The monoisotopic (exact) mass is 353 g/mol. The molecule has 0 N–H and O–H groups in total. The lowest BCUT2D eigenvalue weighted by molar-refractivity contribution is -0.133. The van der Waals surface area contributed by atoms with E-state index in [4.69, 9.17) is 4.74 Å². The quantitative estimate of drug-likeness (QED) is 0.293. The van der Waals surface area contributed by atoms with Crippen LogP contribution >= 0.6 is 0 Å². The molecule has 4 nitrogen and oxygen atoms in total. The van der Waals surface area contributed by atoms with Gasteiger partial charge in [0.05, 0.1) is 17.9 Å². The van der Waals surface area contributed by atoms with Gasteiger partial charge in [0, 0.05) is 0 Å². The first-order valence-corrected chi connectivity index (χ1v) is 10.6. The Morgan fingerprint density at radius 2 is 1.54 bits per heavy atom. The molecule has 0 fully saturated rings. The van der Waals surface area contributed by atoms with Gasteiger partial charge in [0.25, 0.3) is 0 Å². The van der Waals surface area contributed by atoms with E-state index in [9.17, 15) is 13.2 Å². The zero-order chi connectivity index (χ0) is 17.7. The molecule has 1 aromatic carbocycles. The number of carbonyl (C=O) groups excluding carboxylic acids is 1. The third kappa shape index (κ3) is 10.4. The van der Waals surface area contributed by atoms with Gasteiger partial charge in [0.2, 0.25) is 0 Å². The second-order valence-electron chi connectivity index (χ2n) is 6.00. The topological polar surface area (TPSA) is 60.4 Å². The molecule has 0 unspecified atom stereocenters. The van der Waals surface area contributed by atoms with Crippen LogP contribution in [0.5, 0.6) is 5.75 Å². The predicted octanol–water partition coefficient (Wildman–Crippen LogP) is 4.70. The van der Waals surface area contributed by atoms with Crippen LogP contribution < -0.4 is 4.74 Å². The average Bonchev–Trinajstić information content (AvgIpc) is 2.56. The van der Waals surface area contributed by atoms with Crippen LogP contribution in [0, 0.1) is 5.75 Å². The summed E-state index contributed by atoms with van der Waals surface area (Å²) in [5.74, 6) is 1.07. The van der Waals surface area contributed by atoms with Crippen molar-refractivity contribution >= 4 is 15.8 Å². The lowest BCUT2D eigenvalue weighted by Crippen LogP contribution is -2.13. The summed E-state index contributed by atoms with van der Waals surface area (Å²) in [5.41, 5.74) is 0. The van der Waals surface area contributed by atoms with Gasteiger partial charge in [0.1, 0.15) is 5.75 Å². The van der Waals surface area contributed by atoms with Crippen LogP contribution in [0.1, 0.15) is 64.7 Å². The van der Waals surface area contributed by atoms with Gasteiger partial charge in [-0.1, -0.05) is 70.1 Å². The molecule has 0 heterocycles. The fraction of sp³-hybridized carbons (Fsp3) is 0.579. The zero-order valence-electron chi connectivity index (χ0n) is 14.6. The van der Waals surface area contributed by atoms with Crippen molar-refractivity contribution in [1.82, 2.24) is 0 Å². The highest BCUT2D eigenvalue weighted by molar-refractivity contribution is 7.93. The maximum atomic E-state index is 11.9. The van der Waals surface area contributed by atoms with Crippen LogP contribution in [0.4, 0.5) is 0 Å². The number of hydrogen-bond donors (Lipinski definition) is 0. The Morgan fingerprint density at radius 3 is 2.17 bits per heavy atom. The summed E-state index contributed by atoms with van der Waals surface area (Å²) in [4.78, 5) is 11.6. The van der Waals surface area contributed by atoms with E-state index in [-0.39, 0.29) is 12.2 Å². The van der Waals surface area contributed by atoms with Crippen molar-refractivity contribution < 1.29 is 17.9 Å². The van der Waals surface area contributed by atoms with Gasteiger partial charge in [0.15, 0.2) is 9.84 Å². The highest BCUT2D eigenvalue weighted by Gasteiger charge is 2.15. The third-order valence-electron chi connectivity index (χ3n) is 3.76. The number of ether oxygens (including phenoxy) is 1. The predicted molar refractivity (Wildman–Crippen MR) is 97.4 cm³/mol. The Morgan fingerprint density at radius 1 is 0.958 bits per heavy atom. The van der Waals surface area contributed by atoms with Gasteiger partial charge in [-0.05, 0) is 18.6 Å². The Labute approximate surface area is 146 Å². The van der Waals surface area contributed by atoms with Crippen LogP contribution in [0.3, 0.4) is 0 Å². The van der Waals surface area contributed by atoms with Gasteiger partial charge in [-0.3, -0.25) is 4.79 Å². The summed E-state index contributed by atoms with van der Waals surface area (Å²) in [6, 6.07) is 8.65. The lowest BCUT2D eigenvalue weighted by Gasteiger charge is -2.05. The first-order chi connectivity index (χ1) is 11.5. The van der Waals surface area contributed by atoms with E-state index >= 15 is 0 Å². The van der Waals surface area contributed by atoms with Crippen LogP contribution in [0.2, 0.25) is 0 Å². The van der Waals surface area contributed by atoms with E-state index in [1.807, 2.05) is 6.07 Å². The molecule has 0 atom stereocenters. The number of para-hydroxylation sites is 1. The number of esters is 1. The second kappa shape index (κ2) is 12.1. The molecule has 0 spiro atoms. The summed E-state index contributed by atoms with van der Waals surface area (Å²) >= 11 is 0. The molecular weight excluding hydrogens is 324 g/mol. The molecule has 0 amide bonds. The summed E-state index contributed by atoms with van der Waals surface area (Å²) < 4.78 is 28.9. The molecule has 0 bridgehead atoms. The largest absolute Gasteiger partial charge is 0.426 e. The van der Waals surface area contributed by atoms with E-state index in [2.05, 4.69) is 6.92 Å². The lowest BCUT2D eigenvalue weighted by atomic mass is 10.1. The van der Waals surface area contributed by atoms with Gasteiger partial charge in [-0.25, -0.2) is 8.42 Å². The Balaban J connectivity index is 2.12. The van der Waals surface area contributed by atoms with Crippen molar-refractivity contribution in [2.45, 2.75) is 64.7 Å². The van der Waals surface area contributed by atoms with Crippen molar-refractivity contribution in [3.05, 3.63) is 36.1 Å². The van der Waals surface area contributed by atoms with Crippen molar-refractivity contribution in [3.8, 4) is 5.75 Å². The number of unbranched alkanes of at least 4 members (excludes halogenated alkanes) is 7. The molecule has 1 rings (SSSR count). The average molecular weight is 354 g/mol. The standard InChI is InChI=1S/C19H29O4S/c1-2-3-4-5-6-7-8-12-16-24(21,22)17-15-19(20)23-18-13-10-9-11-14-18/h9-11,13-14,17H,2-8,12,15-16H2,1H3. The van der Waals surface area contributed by atoms with Crippen LogP contribution in [-0.4, -0.2) is 20.1 Å². The fourth-order valence-corrected chi connectivity index (χ4v) is 3.54. The smallest absolute Gasteiger partial charge is 0.312 e. The zero-order valence-corrected chi connectivity index (χ0v) is 15.4. The van der Waals surface area contributed by atoms with E-state index in [0.29, 0.717) is 12.2 Å². The minimum atomic E-state index is -3.30. The van der Waals surface area contributed by atoms with Crippen molar-refractivity contribution in [1.29, 1.82) is 0 Å². The SMILES string of the molecule is CCCCCCCCCCS(=O)(=O)[CH]CC(=O)Oc1ccccc1. The maximum absolute atomic E-state index is 11.9. The summed E-state index contributed by atoms with van der Waals surface area (Å²) in [5, 5.41) is 0. The Hall–Kier alpha value is -1.36. The molecular formula is C19H29O4S. The summed E-state index contributed by atoms with van der Waals surface area (Å²) in [7, 11) is -3.30. The molecule has 1 aromatic rings. The molecule has 0 aliphatic heterocycles. The number of carbonyl (C=O) groups is 1. The maximum Gasteiger partial charge on any atom is 0.312 e. The minimum Gasteiger partial charge on any atom is -0.426 e. The Kier molecular flexibility index (Phi) is 10.4.